The molecule has 4 heteroatoms. The minimum Gasteiger partial charge on any atom is -0.460 e. The highest BCUT2D eigenvalue weighted by Gasteiger charge is 2.19. The molecule has 0 bridgehead atoms. The van der Waals surface area contributed by atoms with Crippen LogP contribution in [-0.2, 0) is 4.43 Å². The molecule has 0 aliphatic rings. The maximum Gasteiger partial charge on any atom is 0.183 e. The van der Waals surface area contributed by atoms with E-state index in [0.717, 1.165) is 11.5 Å². The number of hydrogen-bond donors (Lipinski definition) is 0. The Kier molecular flexibility index (Phi) is 5.35. The summed E-state index contributed by atoms with van der Waals surface area (Å²) >= 11 is 0. The Morgan fingerprint density at radius 1 is 1.33 bits per heavy atom. The van der Waals surface area contributed by atoms with Crippen molar-refractivity contribution < 1.29 is 8.84 Å². The van der Waals surface area contributed by atoms with Crippen LogP contribution in [0.3, 0.4) is 0 Å². The molecule has 0 aliphatic heterocycles. The molecule has 0 aromatic carbocycles. The molecule has 18 heavy (non-hydrogen) atoms. The van der Waals surface area contributed by atoms with Crippen molar-refractivity contribution in [2.75, 3.05) is 6.61 Å². The Morgan fingerprint density at radius 2 is 2.00 bits per heavy atom. The highest BCUT2D eigenvalue weighted by Crippen LogP contribution is 2.12. The quantitative estimate of drug-likeness (QED) is 0.579. The van der Waals surface area contributed by atoms with Gasteiger partial charge in [0.15, 0.2) is 8.32 Å². The normalized spacial score (nSPS) is 14.6. The highest BCUT2D eigenvalue weighted by atomic mass is 28.4. The van der Waals surface area contributed by atoms with Crippen LogP contribution < -0.4 is 0 Å². The SMILES string of the molecule is Cc1ccc(C=N[C@@H](CO[Si](C)(C)C)C(C)C)o1. The van der Waals surface area contributed by atoms with Crippen LogP contribution in [0.1, 0.15) is 25.4 Å². The lowest BCUT2D eigenvalue weighted by molar-refractivity contribution is 0.255. The Morgan fingerprint density at radius 3 is 2.44 bits per heavy atom. The molecule has 0 unspecified atom stereocenters. The average molecular weight is 267 g/mol. The molecule has 102 valence electrons. The lowest BCUT2D eigenvalue weighted by Gasteiger charge is -2.23. The van der Waals surface area contributed by atoms with Gasteiger partial charge in [0.1, 0.15) is 11.5 Å². The van der Waals surface area contributed by atoms with Crippen LogP contribution in [-0.4, -0.2) is 27.2 Å². The molecule has 0 fully saturated rings. The van der Waals surface area contributed by atoms with Gasteiger partial charge in [-0.3, -0.25) is 4.99 Å². The van der Waals surface area contributed by atoms with Crippen molar-refractivity contribution >= 4 is 14.5 Å². The van der Waals surface area contributed by atoms with Gasteiger partial charge in [-0.05, 0) is 44.6 Å². The van der Waals surface area contributed by atoms with Gasteiger partial charge in [0.05, 0.1) is 18.9 Å². The zero-order chi connectivity index (χ0) is 13.8. The van der Waals surface area contributed by atoms with E-state index >= 15 is 0 Å². The van der Waals surface area contributed by atoms with E-state index in [4.69, 9.17) is 8.84 Å². The minimum atomic E-state index is -1.47. The van der Waals surface area contributed by atoms with Gasteiger partial charge in [-0.2, -0.15) is 0 Å². The highest BCUT2D eigenvalue weighted by molar-refractivity contribution is 6.69. The average Bonchev–Trinajstić information content (AvgIpc) is 2.62. The molecule has 1 heterocycles. The van der Waals surface area contributed by atoms with Crippen molar-refractivity contribution in [3.8, 4) is 0 Å². The standard InChI is InChI=1S/C14H25NO2Si/c1-11(2)14(10-16-18(4,5)6)15-9-13-8-7-12(3)17-13/h7-9,11,14H,10H2,1-6H3/t14-/m0/s1. The summed E-state index contributed by atoms with van der Waals surface area (Å²) in [6.07, 6.45) is 1.81. The lowest BCUT2D eigenvalue weighted by atomic mass is 10.1. The van der Waals surface area contributed by atoms with E-state index in [1.165, 1.54) is 0 Å². The molecule has 0 N–H and O–H groups in total. The molecule has 0 radical (unpaired) electrons. The van der Waals surface area contributed by atoms with Crippen LogP contribution in [0.4, 0.5) is 0 Å². The third-order valence-electron chi connectivity index (χ3n) is 2.61. The Labute approximate surface area is 111 Å². The first-order chi connectivity index (χ1) is 8.28. The molecule has 0 saturated carbocycles. The van der Waals surface area contributed by atoms with Crippen molar-refractivity contribution in [2.45, 2.75) is 46.5 Å². The molecule has 0 amide bonds. The van der Waals surface area contributed by atoms with Gasteiger partial charge in [-0.1, -0.05) is 13.8 Å². The zero-order valence-electron chi connectivity index (χ0n) is 12.4. The topological polar surface area (TPSA) is 34.7 Å². The molecule has 1 rings (SSSR count). The van der Waals surface area contributed by atoms with Gasteiger partial charge < -0.3 is 8.84 Å². The Balaban J connectivity index is 2.60. The molecular formula is C14H25NO2Si. The summed E-state index contributed by atoms with van der Waals surface area (Å²) in [5.74, 6) is 2.19. The monoisotopic (exact) mass is 267 g/mol. The fourth-order valence-electron chi connectivity index (χ4n) is 1.44. The minimum absolute atomic E-state index is 0.196. The van der Waals surface area contributed by atoms with Gasteiger partial charge in [0.2, 0.25) is 0 Å². The first-order valence-electron chi connectivity index (χ1n) is 6.51. The third kappa shape index (κ3) is 5.64. The van der Waals surface area contributed by atoms with E-state index in [1.807, 2.05) is 25.3 Å². The van der Waals surface area contributed by atoms with Gasteiger partial charge in [0, 0.05) is 0 Å². The second kappa shape index (κ2) is 6.34. The second-order valence-electron chi connectivity index (χ2n) is 5.96. The fourth-order valence-corrected chi connectivity index (χ4v) is 2.11. The Hall–Kier alpha value is -0.873. The number of furan rings is 1. The third-order valence-corrected chi connectivity index (χ3v) is 3.64. The fraction of sp³-hybridized carbons (Fsp3) is 0.643. The van der Waals surface area contributed by atoms with Crippen molar-refractivity contribution in [1.29, 1.82) is 0 Å². The number of aryl methyl sites for hydroxylation is 1. The van der Waals surface area contributed by atoms with Gasteiger partial charge in [0.25, 0.3) is 0 Å². The van der Waals surface area contributed by atoms with Crippen LogP contribution in [0, 0.1) is 12.8 Å². The zero-order valence-corrected chi connectivity index (χ0v) is 13.4. The van der Waals surface area contributed by atoms with E-state index in [0.29, 0.717) is 12.5 Å². The van der Waals surface area contributed by atoms with E-state index in [9.17, 15) is 0 Å². The molecule has 1 atom stereocenters. The van der Waals surface area contributed by atoms with E-state index in [2.05, 4.69) is 38.5 Å². The first kappa shape index (κ1) is 15.2. The van der Waals surface area contributed by atoms with Gasteiger partial charge in [-0.25, -0.2) is 0 Å². The molecule has 1 aromatic heterocycles. The molecule has 1 aromatic rings. The maximum absolute atomic E-state index is 5.94. The molecule has 0 aliphatic carbocycles. The predicted molar refractivity (Wildman–Crippen MR) is 79.0 cm³/mol. The summed E-state index contributed by atoms with van der Waals surface area (Å²) in [5.41, 5.74) is 0. The largest absolute Gasteiger partial charge is 0.460 e. The summed E-state index contributed by atoms with van der Waals surface area (Å²) in [6, 6.07) is 4.09. The van der Waals surface area contributed by atoms with Crippen molar-refractivity contribution in [2.24, 2.45) is 10.9 Å². The van der Waals surface area contributed by atoms with Gasteiger partial charge in [-0.15, -0.1) is 0 Å². The van der Waals surface area contributed by atoms with Crippen molar-refractivity contribution in [3.05, 3.63) is 23.7 Å². The van der Waals surface area contributed by atoms with Gasteiger partial charge >= 0.3 is 0 Å². The smallest absolute Gasteiger partial charge is 0.183 e. The van der Waals surface area contributed by atoms with Crippen LogP contribution in [0.15, 0.2) is 21.5 Å². The summed E-state index contributed by atoms with van der Waals surface area (Å²) in [6.45, 7) is 13.6. The van der Waals surface area contributed by atoms with Crippen LogP contribution in [0.25, 0.3) is 0 Å². The number of aliphatic imine (C=N–C) groups is 1. The number of nitrogens with zero attached hydrogens (tertiary/aromatic N) is 1. The Bertz CT molecular complexity index is 391. The number of hydrogen-bond acceptors (Lipinski definition) is 3. The lowest BCUT2D eigenvalue weighted by Crippen LogP contribution is -2.31. The summed E-state index contributed by atoms with van der Waals surface area (Å²) in [7, 11) is -1.47. The van der Waals surface area contributed by atoms with E-state index in [-0.39, 0.29) is 6.04 Å². The molecule has 0 saturated heterocycles. The molecule has 0 spiro atoms. The molecular weight excluding hydrogens is 242 g/mol. The van der Waals surface area contributed by atoms with Crippen LogP contribution in [0.2, 0.25) is 19.6 Å². The molecule has 3 nitrogen and oxygen atoms in total. The summed E-state index contributed by atoms with van der Waals surface area (Å²) in [5, 5.41) is 0. The van der Waals surface area contributed by atoms with Crippen molar-refractivity contribution in [3.63, 3.8) is 0 Å². The summed E-state index contributed by atoms with van der Waals surface area (Å²) in [4.78, 5) is 4.59. The second-order valence-corrected chi connectivity index (χ2v) is 10.5. The first-order valence-corrected chi connectivity index (χ1v) is 9.92. The van der Waals surface area contributed by atoms with E-state index < -0.39 is 8.32 Å². The predicted octanol–water partition coefficient (Wildman–Crippen LogP) is 3.88. The number of rotatable bonds is 6. The van der Waals surface area contributed by atoms with Crippen LogP contribution in [0.5, 0.6) is 0 Å². The van der Waals surface area contributed by atoms with Crippen molar-refractivity contribution in [1.82, 2.24) is 0 Å². The van der Waals surface area contributed by atoms with E-state index in [1.54, 1.807) is 0 Å². The summed E-state index contributed by atoms with van der Waals surface area (Å²) < 4.78 is 11.4. The maximum atomic E-state index is 5.94. The van der Waals surface area contributed by atoms with Crippen LogP contribution >= 0.6 is 0 Å².